The Hall–Kier alpha value is -2.17. The number of hydrogen-bond acceptors (Lipinski definition) is 5. The minimum absolute atomic E-state index is 0.0364. The molecule has 2 aromatic rings. The van der Waals surface area contributed by atoms with Crippen molar-refractivity contribution in [1.29, 1.82) is 0 Å². The highest BCUT2D eigenvalue weighted by molar-refractivity contribution is 5.66. The molecule has 1 aromatic heterocycles. The van der Waals surface area contributed by atoms with Gasteiger partial charge in [-0.1, -0.05) is 26.8 Å². The number of nitrogens with two attached hydrogens (primary N) is 1. The molecule has 5 heteroatoms. The Balaban J connectivity index is 2.64. The Morgan fingerprint density at radius 2 is 1.80 bits per heavy atom. The highest BCUT2D eigenvalue weighted by Crippen LogP contribution is 2.33. The molecule has 0 aliphatic rings. The standard InChI is InChI=1S/C15H20N4O/c1-9-17-13(19-14(16)18-9)11-8-10(15(2,3)4)6-7-12(11)20-5/h6-8H,1-5H3,(H2,16,17,18,19). The van der Waals surface area contributed by atoms with Crippen molar-refractivity contribution in [2.24, 2.45) is 0 Å². The van der Waals surface area contributed by atoms with Crippen LogP contribution in [0, 0.1) is 6.92 Å². The molecule has 0 spiro atoms. The highest BCUT2D eigenvalue weighted by Gasteiger charge is 2.18. The number of anilines is 1. The number of benzene rings is 1. The number of aryl methyl sites for hydroxylation is 1. The Kier molecular flexibility index (Phi) is 3.61. The van der Waals surface area contributed by atoms with E-state index in [0.717, 1.165) is 11.3 Å². The zero-order chi connectivity index (χ0) is 14.9. The van der Waals surface area contributed by atoms with Gasteiger partial charge in [-0.3, -0.25) is 0 Å². The Morgan fingerprint density at radius 3 is 2.35 bits per heavy atom. The van der Waals surface area contributed by atoms with Crippen LogP contribution in [0.4, 0.5) is 5.95 Å². The summed E-state index contributed by atoms with van der Waals surface area (Å²) in [6, 6.07) is 6.04. The molecule has 20 heavy (non-hydrogen) atoms. The maximum atomic E-state index is 5.71. The van der Waals surface area contributed by atoms with Gasteiger partial charge in [0.2, 0.25) is 5.95 Å². The number of nitrogen functional groups attached to an aromatic ring is 1. The fourth-order valence-electron chi connectivity index (χ4n) is 1.97. The van der Waals surface area contributed by atoms with Crippen molar-refractivity contribution in [3.8, 4) is 17.1 Å². The predicted octanol–water partition coefficient (Wildman–Crippen LogP) is 2.74. The topological polar surface area (TPSA) is 73.9 Å². The molecule has 0 saturated heterocycles. The van der Waals surface area contributed by atoms with Crippen LogP contribution in [0.1, 0.15) is 32.2 Å². The van der Waals surface area contributed by atoms with E-state index in [2.05, 4.69) is 41.8 Å². The summed E-state index contributed by atoms with van der Waals surface area (Å²) in [5.74, 6) is 2.08. The van der Waals surface area contributed by atoms with E-state index >= 15 is 0 Å². The molecule has 0 fully saturated rings. The van der Waals surface area contributed by atoms with Crippen LogP contribution >= 0.6 is 0 Å². The van der Waals surface area contributed by atoms with Gasteiger partial charge in [-0.15, -0.1) is 0 Å². The summed E-state index contributed by atoms with van der Waals surface area (Å²) >= 11 is 0. The number of rotatable bonds is 2. The largest absolute Gasteiger partial charge is 0.496 e. The van der Waals surface area contributed by atoms with Crippen LogP contribution in [-0.2, 0) is 5.41 Å². The van der Waals surface area contributed by atoms with E-state index in [-0.39, 0.29) is 11.4 Å². The van der Waals surface area contributed by atoms with Crippen molar-refractivity contribution in [2.45, 2.75) is 33.1 Å². The molecule has 0 unspecified atom stereocenters. The zero-order valence-corrected chi connectivity index (χ0v) is 12.6. The van der Waals surface area contributed by atoms with Crippen molar-refractivity contribution in [2.75, 3.05) is 12.8 Å². The molecule has 2 rings (SSSR count). The maximum Gasteiger partial charge on any atom is 0.223 e. The molecule has 0 radical (unpaired) electrons. The van der Waals surface area contributed by atoms with Crippen LogP contribution in [0.5, 0.6) is 5.75 Å². The number of nitrogens with zero attached hydrogens (tertiary/aromatic N) is 3. The number of ether oxygens (including phenoxy) is 1. The quantitative estimate of drug-likeness (QED) is 0.909. The molecule has 0 aliphatic carbocycles. The van der Waals surface area contributed by atoms with E-state index in [0.29, 0.717) is 11.6 Å². The van der Waals surface area contributed by atoms with Gasteiger partial charge in [0.15, 0.2) is 5.82 Å². The molecule has 0 bridgehead atoms. The Morgan fingerprint density at radius 1 is 1.10 bits per heavy atom. The van der Waals surface area contributed by atoms with E-state index in [1.54, 1.807) is 14.0 Å². The lowest BCUT2D eigenvalue weighted by Gasteiger charge is -2.20. The average molecular weight is 272 g/mol. The van der Waals surface area contributed by atoms with Crippen LogP contribution in [0.3, 0.4) is 0 Å². The van der Waals surface area contributed by atoms with Gasteiger partial charge in [-0.25, -0.2) is 4.98 Å². The van der Waals surface area contributed by atoms with E-state index in [1.807, 2.05) is 12.1 Å². The highest BCUT2D eigenvalue weighted by atomic mass is 16.5. The lowest BCUT2D eigenvalue weighted by Crippen LogP contribution is -2.11. The summed E-state index contributed by atoms with van der Waals surface area (Å²) in [5.41, 5.74) is 7.76. The first-order valence-corrected chi connectivity index (χ1v) is 6.48. The number of aromatic nitrogens is 3. The first kappa shape index (κ1) is 14.2. The minimum Gasteiger partial charge on any atom is -0.496 e. The molecular weight excluding hydrogens is 252 g/mol. The van der Waals surface area contributed by atoms with Crippen LogP contribution in [-0.4, -0.2) is 22.1 Å². The maximum absolute atomic E-state index is 5.71. The molecule has 0 saturated carbocycles. The minimum atomic E-state index is 0.0364. The van der Waals surface area contributed by atoms with Gasteiger partial charge in [0.1, 0.15) is 11.6 Å². The van der Waals surface area contributed by atoms with Gasteiger partial charge in [0.25, 0.3) is 0 Å². The molecule has 1 aromatic carbocycles. The normalized spacial score (nSPS) is 11.4. The van der Waals surface area contributed by atoms with Crippen LogP contribution in [0.25, 0.3) is 11.4 Å². The summed E-state index contributed by atoms with van der Waals surface area (Å²) in [6.07, 6.45) is 0. The number of methoxy groups -OCH3 is 1. The van der Waals surface area contributed by atoms with Crippen molar-refractivity contribution < 1.29 is 4.74 Å². The summed E-state index contributed by atoms with van der Waals surface area (Å²) in [5, 5.41) is 0. The second kappa shape index (κ2) is 5.07. The summed E-state index contributed by atoms with van der Waals surface area (Å²) in [4.78, 5) is 12.6. The monoisotopic (exact) mass is 272 g/mol. The molecule has 5 nitrogen and oxygen atoms in total. The van der Waals surface area contributed by atoms with Crippen LogP contribution < -0.4 is 10.5 Å². The SMILES string of the molecule is COc1ccc(C(C)(C)C)cc1-c1nc(C)nc(N)n1. The summed E-state index contributed by atoms with van der Waals surface area (Å²) in [6.45, 7) is 8.27. The Labute approximate surface area is 119 Å². The van der Waals surface area contributed by atoms with Crippen molar-refractivity contribution in [1.82, 2.24) is 15.0 Å². The van der Waals surface area contributed by atoms with Crippen molar-refractivity contribution in [3.05, 3.63) is 29.6 Å². The fourth-order valence-corrected chi connectivity index (χ4v) is 1.97. The second-order valence-corrected chi connectivity index (χ2v) is 5.73. The average Bonchev–Trinajstić information content (AvgIpc) is 2.35. The van der Waals surface area contributed by atoms with Crippen molar-refractivity contribution in [3.63, 3.8) is 0 Å². The molecular formula is C15H20N4O. The first-order chi connectivity index (χ1) is 9.31. The number of hydrogen-bond donors (Lipinski definition) is 1. The van der Waals surface area contributed by atoms with E-state index in [9.17, 15) is 0 Å². The molecule has 2 N–H and O–H groups in total. The third kappa shape index (κ3) is 2.87. The van der Waals surface area contributed by atoms with Gasteiger partial charge >= 0.3 is 0 Å². The van der Waals surface area contributed by atoms with Gasteiger partial charge in [-0.2, -0.15) is 9.97 Å². The summed E-state index contributed by atoms with van der Waals surface area (Å²) < 4.78 is 5.41. The van der Waals surface area contributed by atoms with E-state index in [1.165, 1.54) is 5.56 Å². The van der Waals surface area contributed by atoms with E-state index in [4.69, 9.17) is 10.5 Å². The van der Waals surface area contributed by atoms with Crippen LogP contribution in [0.2, 0.25) is 0 Å². The molecule has 0 aliphatic heterocycles. The first-order valence-electron chi connectivity index (χ1n) is 6.48. The van der Waals surface area contributed by atoms with Gasteiger partial charge in [-0.05, 0) is 30.0 Å². The Bertz CT molecular complexity index is 612. The molecule has 106 valence electrons. The molecule has 0 atom stereocenters. The predicted molar refractivity (Wildman–Crippen MR) is 79.7 cm³/mol. The zero-order valence-electron chi connectivity index (χ0n) is 12.6. The molecule has 0 amide bonds. The van der Waals surface area contributed by atoms with Gasteiger partial charge in [0, 0.05) is 0 Å². The third-order valence-electron chi connectivity index (χ3n) is 3.07. The van der Waals surface area contributed by atoms with Gasteiger partial charge < -0.3 is 10.5 Å². The molecule has 1 heterocycles. The second-order valence-electron chi connectivity index (χ2n) is 5.73. The fraction of sp³-hybridized carbons (Fsp3) is 0.400. The van der Waals surface area contributed by atoms with Crippen LogP contribution in [0.15, 0.2) is 18.2 Å². The third-order valence-corrected chi connectivity index (χ3v) is 3.07. The van der Waals surface area contributed by atoms with Gasteiger partial charge in [0.05, 0.1) is 12.7 Å². The lowest BCUT2D eigenvalue weighted by molar-refractivity contribution is 0.415. The lowest BCUT2D eigenvalue weighted by atomic mass is 9.86. The van der Waals surface area contributed by atoms with Crippen molar-refractivity contribution >= 4 is 5.95 Å². The van der Waals surface area contributed by atoms with E-state index < -0.39 is 0 Å². The smallest absolute Gasteiger partial charge is 0.223 e. The summed E-state index contributed by atoms with van der Waals surface area (Å²) in [7, 11) is 1.63.